The maximum Gasteiger partial charge on any atom is 0.419 e. The van der Waals surface area contributed by atoms with Gasteiger partial charge >= 0.3 is 6.09 Å². The molecule has 0 aliphatic rings. The first-order valence-electron chi connectivity index (χ1n) is 6.45. The standard InChI is InChI=1S/C16H13N3O2/c1-19(16(20)21-13-5-3-2-4-6-13)12-7-8-14-15(11-12)18-10-9-17-14/h2-11H,1H3. The molecule has 0 fully saturated rings. The molecule has 0 saturated heterocycles. The molecule has 0 atom stereocenters. The summed E-state index contributed by atoms with van der Waals surface area (Å²) < 4.78 is 5.29. The number of hydrogen-bond acceptors (Lipinski definition) is 4. The van der Waals surface area contributed by atoms with E-state index >= 15 is 0 Å². The Labute approximate surface area is 121 Å². The predicted octanol–water partition coefficient (Wildman–Crippen LogP) is 3.27. The minimum absolute atomic E-state index is 0.454. The highest BCUT2D eigenvalue weighted by atomic mass is 16.6. The van der Waals surface area contributed by atoms with Crippen LogP contribution >= 0.6 is 0 Å². The van der Waals surface area contributed by atoms with Crippen LogP contribution in [-0.2, 0) is 0 Å². The molecule has 0 spiro atoms. The van der Waals surface area contributed by atoms with Crippen molar-refractivity contribution in [2.75, 3.05) is 11.9 Å². The van der Waals surface area contributed by atoms with Crippen LogP contribution in [0.1, 0.15) is 0 Å². The molecule has 3 rings (SSSR count). The Bertz CT molecular complexity index is 775. The number of carbonyl (C=O) groups excluding carboxylic acids is 1. The van der Waals surface area contributed by atoms with Crippen molar-refractivity contribution in [2.24, 2.45) is 0 Å². The molecule has 21 heavy (non-hydrogen) atoms. The highest BCUT2D eigenvalue weighted by Gasteiger charge is 2.14. The molecular formula is C16H13N3O2. The Hall–Kier alpha value is -2.95. The number of rotatable bonds is 2. The number of aromatic nitrogens is 2. The van der Waals surface area contributed by atoms with E-state index in [1.165, 1.54) is 4.90 Å². The van der Waals surface area contributed by atoms with E-state index < -0.39 is 6.09 Å². The second kappa shape index (κ2) is 5.58. The first kappa shape index (κ1) is 13.1. The molecule has 1 aromatic heterocycles. The lowest BCUT2D eigenvalue weighted by Crippen LogP contribution is -2.29. The second-order valence-corrected chi connectivity index (χ2v) is 4.47. The molecule has 5 heteroatoms. The summed E-state index contributed by atoms with van der Waals surface area (Å²) in [6.07, 6.45) is 2.80. The van der Waals surface area contributed by atoms with Crippen LogP contribution in [0.4, 0.5) is 10.5 Å². The van der Waals surface area contributed by atoms with Gasteiger partial charge in [0.25, 0.3) is 0 Å². The third-order valence-electron chi connectivity index (χ3n) is 3.06. The van der Waals surface area contributed by atoms with Crippen LogP contribution in [-0.4, -0.2) is 23.1 Å². The number of para-hydroxylation sites is 1. The Morgan fingerprint density at radius 2 is 1.71 bits per heavy atom. The molecule has 0 aliphatic heterocycles. The number of benzene rings is 2. The van der Waals surface area contributed by atoms with Gasteiger partial charge in [0.05, 0.1) is 11.0 Å². The summed E-state index contributed by atoms with van der Waals surface area (Å²) in [5, 5.41) is 0. The molecule has 3 aromatic rings. The Kier molecular flexibility index (Phi) is 3.47. The summed E-state index contributed by atoms with van der Waals surface area (Å²) in [5.41, 5.74) is 2.21. The Morgan fingerprint density at radius 3 is 2.48 bits per heavy atom. The summed E-state index contributed by atoms with van der Waals surface area (Å²) in [4.78, 5) is 22.0. The van der Waals surface area contributed by atoms with Crippen molar-refractivity contribution in [3.8, 4) is 5.75 Å². The zero-order valence-electron chi connectivity index (χ0n) is 11.4. The van der Waals surface area contributed by atoms with Crippen LogP contribution in [0, 0.1) is 0 Å². The highest BCUT2D eigenvalue weighted by Crippen LogP contribution is 2.19. The van der Waals surface area contributed by atoms with E-state index in [1.54, 1.807) is 37.6 Å². The van der Waals surface area contributed by atoms with Crippen molar-refractivity contribution >= 4 is 22.8 Å². The molecule has 0 radical (unpaired) electrons. The van der Waals surface area contributed by atoms with E-state index in [9.17, 15) is 4.79 Å². The van der Waals surface area contributed by atoms with Crippen LogP contribution in [0.5, 0.6) is 5.75 Å². The molecule has 0 N–H and O–H groups in total. The number of hydrogen-bond donors (Lipinski definition) is 0. The summed E-state index contributed by atoms with van der Waals surface area (Å²) in [6, 6.07) is 14.4. The van der Waals surface area contributed by atoms with Crippen molar-refractivity contribution in [3.05, 3.63) is 60.9 Å². The first-order valence-corrected chi connectivity index (χ1v) is 6.45. The number of nitrogens with zero attached hydrogens (tertiary/aromatic N) is 3. The van der Waals surface area contributed by atoms with Gasteiger partial charge in [0.2, 0.25) is 0 Å². The molecule has 1 heterocycles. The van der Waals surface area contributed by atoms with Gasteiger partial charge in [-0.1, -0.05) is 18.2 Å². The van der Waals surface area contributed by atoms with Gasteiger partial charge in [-0.3, -0.25) is 14.9 Å². The highest BCUT2D eigenvalue weighted by molar-refractivity contribution is 5.91. The monoisotopic (exact) mass is 279 g/mol. The minimum atomic E-state index is -0.454. The van der Waals surface area contributed by atoms with E-state index in [0.29, 0.717) is 11.4 Å². The van der Waals surface area contributed by atoms with E-state index in [4.69, 9.17) is 4.74 Å². The van der Waals surface area contributed by atoms with E-state index in [1.807, 2.05) is 30.3 Å². The predicted molar refractivity (Wildman–Crippen MR) is 80.4 cm³/mol. The van der Waals surface area contributed by atoms with E-state index in [2.05, 4.69) is 9.97 Å². The van der Waals surface area contributed by atoms with Crippen LogP contribution in [0.15, 0.2) is 60.9 Å². The fraction of sp³-hybridized carbons (Fsp3) is 0.0625. The number of amides is 1. The first-order chi connectivity index (χ1) is 10.2. The van der Waals surface area contributed by atoms with E-state index in [-0.39, 0.29) is 0 Å². The lowest BCUT2D eigenvalue weighted by atomic mass is 10.2. The SMILES string of the molecule is CN(C(=O)Oc1ccccc1)c1ccc2nccnc2c1. The van der Waals surface area contributed by atoms with Gasteiger partial charge in [-0.25, -0.2) is 4.79 Å². The van der Waals surface area contributed by atoms with E-state index in [0.717, 1.165) is 11.0 Å². The molecule has 104 valence electrons. The molecule has 0 bridgehead atoms. The molecule has 0 aliphatic carbocycles. The molecule has 5 nitrogen and oxygen atoms in total. The van der Waals surface area contributed by atoms with Gasteiger partial charge in [-0.15, -0.1) is 0 Å². The lowest BCUT2D eigenvalue weighted by molar-refractivity contribution is 0.209. The summed E-state index contributed by atoms with van der Waals surface area (Å²) in [5.74, 6) is 0.509. The van der Waals surface area contributed by atoms with Gasteiger partial charge < -0.3 is 4.74 Å². The quantitative estimate of drug-likeness (QED) is 0.722. The summed E-state index contributed by atoms with van der Waals surface area (Å²) in [6.45, 7) is 0. The van der Waals surface area contributed by atoms with Crippen molar-refractivity contribution < 1.29 is 9.53 Å². The van der Waals surface area contributed by atoms with Crippen molar-refractivity contribution in [2.45, 2.75) is 0 Å². The van der Waals surface area contributed by atoms with Gasteiger partial charge in [0, 0.05) is 25.1 Å². The van der Waals surface area contributed by atoms with Crippen LogP contribution < -0.4 is 9.64 Å². The lowest BCUT2D eigenvalue weighted by Gasteiger charge is -2.17. The summed E-state index contributed by atoms with van der Waals surface area (Å²) >= 11 is 0. The van der Waals surface area contributed by atoms with Crippen LogP contribution in [0.2, 0.25) is 0 Å². The third-order valence-corrected chi connectivity index (χ3v) is 3.06. The average molecular weight is 279 g/mol. The second-order valence-electron chi connectivity index (χ2n) is 4.47. The molecule has 2 aromatic carbocycles. The minimum Gasteiger partial charge on any atom is -0.410 e. The maximum absolute atomic E-state index is 12.1. The van der Waals surface area contributed by atoms with Gasteiger partial charge in [0.1, 0.15) is 5.75 Å². The number of fused-ring (bicyclic) bond motifs is 1. The number of ether oxygens (including phenoxy) is 1. The Balaban J connectivity index is 1.82. The fourth-order valence-electron chi connectivity index (χ4n) is 1.92. The van der Waals surface area contributed by atoms with Crippen LogP contribution in [0.3, 0.4) is 0 Å². The fourth-order valence-corrected chi connectivity index (χ4v) is 1.92. The molecular weight excluding hydrogens is 266 g/mol. The number of anilines is 1. The zero-order valence-corrected chi connectivity index (χ0v) is 11.4. The Morgan fingerprint density at radius 1 is 1.00 bits per heavy atom. The molecule has 1 amide bonds. The van der Waals surface area contributed by atoms with Crippen molar-refractivity contribution in [3.63, 3.8) is 0 Å². The zero-order chi connectivity index (χ0) is 14.7. The smallest absolute Gasteiger partial charge is 0.410 e. The molecule has 0 unspecified atom stereocenters. The van der Waals surface area contributed by atoms with Crippen LogP contribution in [0.25, 0.3) is 11.0 Å². The van der Waals surface area contributed by atoms with Crippen molar-refractivity contribution in [1.29, 1.82) is 0 Å². The van der Waals surface area contributed by atoms with Gasteiger partial charge in [-0.05, 0) is 30.3 Å². The maximum atomic E-state index is 12.1. The largest absolute Gasteiger partial charge is 0.419 e. The van der Waals surface area contributed by atoms with Crippen molar-refractivity contribution in [1.82, 2.24) is 9.97 Å². The molecule has 0 saturated carbocycles. The normalized spacial score (nSPS) is 10.3. The number of carbonyl (C=O) groups is 1. The summed E-state index contributed by atoms with van der Waals surface area (Å²) in [7, 11) is 1.66. The topological polar surface area (TPSA) is 55.3 Å². The third kappa shape index (κ3) is 2.81. The van der Waals surface area contributed by atoms with Gasteiger partial charge in [-0.2, -0.15) is 0 Å². The van der Waals surface area contributed by atoms with Gasteiger partial charge in [0.15, 0.2) is 0 Å². The average Bonchev–Trinajstić information content (AvgIpc) is 2.54.